The number of nitrogens with one attached hydrogen (secondary N) is 2. The van der Waals surface area contributed by atoms with Gasteiger partial charge in [0.05, 0.1) is 29.0 Å². The second-order valence-electron chi connectivity index (χ2n) is 5.88. The van der Waals surface area contributed by atoms with E-state index < -0.39 is 24.8 Å². The SMILES string of the molecule is N#Cc1ccc(-c2cnn(C3C=CC(C(=O)NCC(F)(F)F)=CN3)c2O)cc1. The number of carbonyl (C=O) groups is 1. The summed E-state index contributed by atoms with van der Waals surface area (Å²) in [5.41, 5.74) is 1.59. The quantitative estimate of drug-likeness (QED) is 0.745. The Morgan fingerprint density at radius 3 is 2.64 bits per heavy atom. The third-order valence-electron chi connectivity index (χ3n) is 3.94. The Morgan fingerprint density at radius 1 is 1.36 bits per heavy atom. The van der Waals surface area contributed by atoms with Crippen molar-refractivity contribution in [3.63, 3.8) is 0 Å². The van der Waals surface area contributed by atoms with Crippen LogP contribution in [-0.2, 0) is 4.79 Å². The smallest absolute Gasteiger partial charge is 0.405 e. The third-order valence-corrected chi connectivity index (χ3v) is 3.94. The number of rotatable bonds is 4. The molecular weight excluding hydrogens is 375 g/mol. The van der Waals surface area contributed by atoms with Crippen LogP contribution < -0.4 is 10.6 Å². The Kier molecular flexibility index (Phi) is 5.08. The van der Waals surface area contributed by atoms with Crippen molar-refractivity contribution in [2.24, 2.45) is 0 Å². The maximum Gasteiger partial charge on any atom is 0.405 e. The number of amides is 1. The largest absolute Gasteiger partial charge is 0.493 e. The number of benzene rings is 1. The number of hydrogen-bond acceptors (Lipinski definition) is 5. The summed E-state index contributed by atoms with van der Waals surface area (Å²) in [4.78, 5) is 11.7. The van der Waals surface area contributed by atoms with Gasteiger partial charge >= 0.3 is 6.18 Å². The van der Waals surface area contributed by atoms with Crippen LogP contribution in [-0.4, -0.2) is 33.5 Å². The molecule has 0 spiro atoms. The highest BCUT2D eigenvalue weighted by Gasteiger charge is 2.28. The lowest BCUT2D eigenvalue weighted by atomic mass is 10.1. The van der Waals surface area contributed by atoms with Crippen molar-refractivity contribution >= 4 is 5.91 Å². The van der Waals surface area contributed by atoms with Crippen molar-refractivity contribution in [1.29, 1.82) is 5.26 Å². The molecule has 1 unspecified atom stereocenters. The molecule has 0 saturated carbocycles. The van der Waals surface area contributed by atoms with E-state index in [-0.39, 0.29) is 11.5 Å². The Labute approximate surface area is 157 Å². The average Bonchev–Trinajstić information content (AvgIpc) is 3.07. The molecule has 1 amide bonds. The third kappa shape index (κ3) is 4.15. The van der Waals surface area contributed by atoms with Crippen LogP contribution >= 0.6 is 0 Å². The Hall–Kier alpha value is -3.74. The van der Waals surface area contributed by atoms with E-state index in [4.69, 9.17) is 5.26 Å². The van der Waals surface area contributed by atoms with Gasteiger partial charge in [-0.2, -0.15) is 23.5 Å². The zero-order valence-electron chi connectivity index (χ0n) is 14.2. The highest BCUT2D eigenvalue weighted by molar-refractivity contribution is 5.96. The molecule has 7 nitrogen and oxygen atoms in total. The van der Waals surface area contributed by atoms with Crippen molar-refractivity contribution in [3.05, 3.63) is 60.0 Å². The van der Waals surface area contributed by atoms with Crippen LogP contribution in [0.25, 0.3) is 11.1 Å². The number of alkyl halides is 3. The molecule has 2 aromatic rings. The van der Waals surface area contributed by atoms with Crippen LogP contribution in [0.1, 0.15) is 11.7 Å². The monoisotopic (exact) mass is 389 g/mol. The number of nitrogens with zero attached hydrogens (tertiary/aromatic N) is 3. The first-order chi connectivity index (χ1) is 13.3. The predicted molar refractivity (Wildman–Crippen MR) is 92.5 cm³/mol. The first-order valence-corrected chi connectivity index (χ1v) is 8.05. The van der Waals surface area contributed by atoms with E-state index in [0.717, 1.165) is 0 Å². The van der Waals surface area contributed by atoms with Gasteiger partial charge in [-0.15, -0.1) is 0 Å². The van der Waals surface area contributed by atoms with E-state index in [0.29, 0.717) is 16.7 Å². The van der Waals surface area contributed by atoms with Crippen molar-refractivity contribution in [2.45, 2.75) is 12.3 Å². The number of aromatic nitrogens is 2. The minimum atomic E-state index is -4.49. The van der Waals surface area contributed by atoms with Crippen LogP contribution in [0.4, 0.5) is 13.2 Å². The number of nitriles is 1. The van der Waals surface area contributed by atoms with Crippen LogP contribution in [0.2, 0.25) is 0 Å². The molecule has 144 valence electrons. The van der Waals surface area contributed by atoms with E-state index in [9.17, 15) is 23.1 Å². The van der Waals surface area contributed by atoms with Gasteiger partial charge in [-0.3, -0.25) is 4.79 Å². The number of halogens is 3. The first kappa shape index (κ1) is 19.0. The molecule has 3 rings (SSSR count). The molecule has 1 atom stereocenters. The molecule has 1 aliphatic heterocycles. The summed E-state index contributed by atoms with van der Waals surface area (Å²) in [7, 11) is 0. The van der Waals surface area contributed by atoms with Crippen molar-refractivity contribution in [3.8, 4) is 23.1 Å². The molecule has 2 heterocycles. The number of carbonyl (C=O) groups excluding carboxylic acids is 1. The molecule has 1 aromatic heterocycles. The van der Waals surface area contributed by atoms with Crippen LogP contribution in [0.3, 0.4) is 0 Å². The summed E-state index contributed by atoms with van der Waals surface area (Å²) >= 11 is 0. The molecule has 0 bridgehead atoms. The van der Waals surface area contributed by atoms with Gasteiger partial charge in [0.25, 0.3) is 5.91 Å². The lowest BCUT2D eigenvalue weighted by molar-refractivity contribution is -0.136. The Balaban J connectivity index is 1.70. The zero-order chi connectivity index (χ0) is 20.3. The normalized spacial score (nSPS) is 16.1. The second kappa shape index (κ2) is 7.48. The highest BCUT2D eigenvalue weighted by atomic mass is 19.4. The topological polar surface area (TPSA) is 103 Å². The maximum atomic E-state index is 12.2. The minimum absolute atomic E-state index is 0.0134. The fraction of sp³-hybridized carbons (Fsp3) is 0.167. The number of hydrogen-bond donors (Lipinski definition) is 3. The molecule has 10 heteroatoms. The van der Waals surface area contributed by atoms with E-state index >= 15 is 0 Å². The summed E-state index contributed by atoms with van der Waals surface area (Å²) in [5.74, 6) is -1.02. The molecule has 0 fully saturated rings. The summed E-state index contributed by atoms with van der Waals surface area (Å²) in [5, 5.41) is 28.0. The lowest BCUT2D eigenvalue weighted by Gasteiger charge is -2.19. The van der Waals surface area contributed by atoms with Gasteiger partial charge in [-0.1, -0.05) is 12.1 Å². The predicted octanol–water partition coefficient (Wildman–Crippen LogP) is 2.35. The van der Waals surface area contributed by atoms with Crippen molar-refractivity contribution < 1.29 is 23.1 Å². The first-order valence-electron chi connectivity index (χ1n) is 8.05. The van der Waals surface area contributed by atoms with Gasteiger partial charge in [-0.05, 0) is 29.8 Å². The average molecular weight is 389 g/mol. The van der Waals surface area contributed by atoms with Gasteiger partial charge < -0.3 is 15.7 Å². The summed E-state index contributed by atoms with van der Waals surface area (Å²) in [6.07, 6.45) is 0.396. The van der Waals surface area contributed by atoms with Gasteiger partial charge in [-0.25, -0.2) is 4.68 Å². The van der Waals surface area contributed by atoms with E-state index in [1.54, 1.807) is 29.6 Å². The summed E-state index contributed by atoms with van der Waals surface area (Å²) < 4.78 is 37.8. The second-order valence-corrected chi connectivity index (χ2v) is 5.88. The van der Waals surface area contributed by atoms with Crippen LogP contribution in [0.15, 0.2) is 54.4 Å². The summed E-state index contributed by atoms with van der Waals surface area (Å²) in [6.45, 7) is -1.42. The van der Waals surface area contributed by atoms with Crippen LogP contribution in [0, 0.1) is 11.3 Å². The van der Waals surface area contributed by atoms with Crippen molar-refractivity contribution in [1.82, 2.24) is 20.4 Å². The maximum absolute atomic E-state index is 12.2. The van der Waals surface area contributed by atoms with Gasteiger partial charge in [0.15, 0.2) is 0 Å². The molecule has 1 aromatic carbocycles. The molecule has 3 N–H and O–H groups in total. The fourth-order valence-corrected chi connectivity index (χ4v) is 2.54. The number of aromatic hydroxyl groups is 1. The molecule has 28 heavy (non-hydrogen) atoms. The Bertz CT molecular complexity index is 984. The van der Waals surface area contributed by atoms with E-state index in [1.807, 2.05) is 6.07 Å². The van der Waals surface area contributed by atoms with Crippen molar-refractivity contribution in [2.75, 3.05) is 6.54 Å². The highest BCUT2D eigenvalue weighted by Crippen LogP contribution is 2.31. The van der Waals surface area contributed by atoms with Crippen LogP contribution in [0.5, 0.6) is 5.88 Å². The fourth-order valence-electron chi connectivity index (χ4n) is 2.54. The van der Waals surface area contributed by atoms with E-state index in [1.165, 1.54) is 29.2 Å². The summed E-state index contributed by atoms with van der Waals surface area (Å²) in [6, 6.07) is 8.57. The lowest BCUT2D eigenvalue weighted by Crippen LogP contribution is -2.35. The van der Waals surface area contributed by atoms with E-state index in [2.05, 4.69) is 10.4 Å². The molecule has 0 aliphatic carbocycles. The standard InChI is InChI=1S/C18H14F3N5O2/c19-18(20,21)10-24-16(27)13-5-6-15(23-8-13)26-17(28)14(9-25-26)12-3-1-11(7-22)2-4-12/h1-6,8-9,15,23,28H,10H2,(H,24,27). The van der Waals surface area contributed by atoms with Gasteiger partial charge in [0.1, 0.15) is 12.7 Å². The zero-order valence-corrected chi connectivity index (χ0v) is 14.2. The van der Waals surface area contributed by atoms with Gasteiger partial charge in [0, 0.05) is 6.20 Å². The molecule has 0 radical (unpaired) electrons. The number of dihydropyridines is 1. The van der Waals surface area contributed by atoms with Gasteiger partial charge in [0.2, 0.25) is 5.88 Å². The molecule has 1 aliphatic rings. The molecule has 0 saturated heterocycles. The molecular formula is C18H14F3N5O2. The minimum Gasteiger partial charge on any atom is -0.493 e. The Morgan fingerprint density at radius 2 is 2.07 bits per heavy atom.